The zero-order chi connectivity index (χ0) is 8.81. The molecule has 1 aliphatic rings. The summed E-state index contributed by atoms with van der Waals surface area (Å²) in [6.45, 7) is 0.700. The fourth-order valence-corrected chi connectivity index (χ4v) is 2.95. The van der Waals surface area contributed by atoms with Crippen LogP contribution in [0.5, 0.6) is 0 Å². The smallest absolute Gasteiger partial charge is 0.326 e. The summed E-state index contributed by atoms with van der Waals surface area (Å²) in [4.78, 5) is 11.1. The zero-order valence-corrected chi connectivity index (χ0v) is 8.80. The van der Waals surface area contributed by atoms with E-state index in [9.17, 15) is 4.79 Å². The van der Waals surface area contributed by atoms with Gasteiger partial charge in [-0.3, -0.25) is 9.88 Å². The van der Waals surface area contributed by atoms with Crippen LogP contribution in [0.1, 0.15) is 19.3 Å². The SMILES string of the molecule is NCCCCC1NPPOC1=O. The van der Waals surface area contributed by atoms with E-state index in [0.29, 0.717) is 23.5 Å². The number of hydrogen-bond acceptors (Lipinski definition) is 4. The van der Waals surface area contributed by atoms with Crippen LogP contribution in [0.4, 0.5) is 0 Å². The second-order valence-electron chi connectivity index (χ2n) is 2.63. The third-order valence-electron chi connectivity index (χ3n) is 1.68. The first kappa shape index (κ1) is 10.3. The average Bonchev–Trinajstić information content (AvgIpc) is 2.09. The summed E-state index contributed by atoms with van der Waals surface area (Å²) in [7, 11) is 0.899. The number of nitrogens with two attached hydrogens (primary N) is 1. The first-order valence-electron chi connectivity index (χ1n) is 4.01. The van der Waals surface area contributed by atoms with E-state index < -0.39 is 0 Å². The Morgan fingerprint density at radius 2 is 2.42 bits per heavy atom. The molecule has 3 unspecified atom stereocenters. The van der Waals surface area contributed by atoms with E-state index in [1.54, 1.807) is 0 Å². The molecule has 1 heterocycles. The van der Waals surface area contributed by atoms with E-state index in [4.69, 9.17) is 10.3 Å². The summed E-state index contributed by atoms with van der Waals surface area (Å²) in [6.07, 6.45) is 2.83. The largest absolute Gasteiger partial charge is 0.441 e. The molecule has 4 nitrogen and oxygen atoms in total. The highest BCUT2D eigenvalue weighted by atomic mass is 32.0. The van der Waals surface area contributed by atoms with E-state index in [0.717, 1.165) is 19.3 Å². The Morgan fingerprint density at radius 1 is 1.58 bits per heavy atom. The van der Waals surface area contributed by atoms with Gasteiger partial charge in [-0.15, -0.1) is 0 Å². The predicted molar refractivity (Wildman–Crippen MR) is 52.6 cm³/mol. The number of carbonyl (C=O) groups is 1. The van der Waals surface area contributed by atoms with Crippen molar-refractivity contribution in [1.82, 2.24) is 5.09 Å². The summed E-state index contributed by atoms with van der Waals surface area (Å²) >= 11 is 0. The van der Waals surface area contributed by atoms with E-state index in [2.05, 4.69) is 5.09 Å². The van der Waals surface area contributed by atoms with Crippen molar-refractivity contribution in [3.8, 4) is 0 Å². The molecule has 0 saturated carbocycles. The molecule has 3 N–H and O–H groups in total. The minimum atomic E-state index is -0.0934. The summed E-state index contributed by atoms with van der Waals surface area (Å²) < 4.78 is 4.93. The van der Waals surface area contributed by atoms with Crippen molar-refractivity contribution in [2.45, 2.75) is 25.3 Å². The molecule has 0 spiro atoms. The number of nitrogens with one attached hydrogen (secondary N) is 1. The third kappa shape index (κ3) is 3.32. The van der Waals surface area contributed by atoms with Crippen molar-refractivity contribution in [2.75, 3.05) is 6.54 Å². The molecule has 0 amide bonds. The van der Waals surface area contributed by atoms with Gasteiger partial charge in [0.15, 0.2) is 0 Å². The normalized spacial score (nSPS) is 27.8. The molecule has 1 fully saturated rings. The Kier molecular flexibility index (Phi) is 5.01. The van der Waals surface area contributed by atoms with Crippen molar-refractivity contribution in [3.05, 3.63) is 0 Å². The van der Waals surface area contributed by atoms with Crippen LogP contribution >= 0.6 is 16.9 Å². The van der Waals surface area contributed by atoms with E-state index >= 15 is 0 Å². The van der Waals surface area contributed by atoms with Crippen molar-refractivity contribution in [2.24, 2.45) is 5.73 Å². The molecule has 1 rings (SSSR count). The number of hydrogen-bond donors (Lipinski definition) is 2. The summed E-state index contributed by atoms with van der Waals surface area (Å²) in [5.41, 5.74) is 5.35. The van der Waals surface area contributed by atoms with Crippen LogP contribution < -0.4 is 10.8 Å². The minimum Gasteiger partial charge on any atom is -0.441 e. The minimum absolute atomic E-state index is 0.0730. The highest BCUT2D eigenvalue weighted by molar-refractivity contribution is 8.09. The molecule has 0 aromatic carbocycles. The van der Waals surface area contributed by atoms with Crippen molar-refractivity contribution < 1.29 is 9.32 Å². The van der Waals surface area contributed by atoms with Crippen LogP contribution in [-0.2, 0) is 9.32 Å². The van der Waals surface area contributed by atoms with Crippen molar-refractivity contribution in [1.29, 1.82) is 0 Å². The topological polar surface area (TPSA) is 64.3 Å². The Morgan fingerprint density at radius 3 is 3.08 bits per heavy atom. The lowest BCUT2D eigenvalue weighted by Gasteiger charge is -2.21. The molecule has 70 valence electrons. The number of unbranched alkanes of at least 4 members (excludes halogenated alkanes) is 1. The molecule has 6 heteroatoms. The van der Waals surface area contributed by atoms with Crippen LogP contribution in [0.2, 0.25) is 0 Å². The van der Waals surface area contributed by atoms with Crippen molar-refractivity contribution in [3.63, 3.8) is 0 Å². The van der Waals surface area contributed by atoms with Gasteiger partial charge < -0.3 is 10.3 Å². The Bertz CT molecular complexity index is 156. The molecule has 0 aromatic heterocycles. The van der Waals surface area contributed by atoms with Gasteiger partial charge in [-0.05, 0) is 19.4 Å². The van der Waals surface area contributed by atoms with Crippen molar-refractivity contribution >= 4 is 22.9 Å². The quantitative estimate of drug-likeness (QED) is 0.528. The highest BCUT2D eigenvalue weighted by Crippen LogP contribution is 2.39. The standard InChI is InChI=1S/C6H14N2O2P2/c7-4-2-1-3-5-6(9)10-12-11-8-5/h5,8,11-12H,1-4,7H2. The average molecular weight is 208 g/mol. The van der Waals surface area contributed by atoms with Gasteiger partial charge in [0.1, 0.15) is 14.5 Å². The Balaban J connectivity index is 2.16. The maximum absolute atomic E-state index is 11.1. The van der Waals surface area contributed by atoms with Gasteiger partial charge in [0, 0.05) is 8.42 Å². The number of carbonyl (C=O) groups excluding carboxylic acids is 1. The first-order chi connectivity index (χ1) is 5.84. The lowest BCUT2D eigenvalue weighted by molar-refractivity contribution is -0.135. The fraction of sp³-hybridized carbons (Fsp3) is 0.833. The summed E-state index contributed by atoms with van der Waals surface area (Å²) in [5, 5.41) is 3.15. The molecule has 12 heavy (non-hydrogen) atoms. The fourth-order valence-electron chi connectivity index (χ4n) is 1.01. The van der Waals surface area contributed by atoms with Gasteiger partial charge in [-0.25, -0.2) is 0 Å². The van der Waals surface area contributed by atoms with Crippen LogP contribution in [0.15, 0.2) is 0 Å². The van der Waals surface area contributed by atoms with Crippen LogP contribution in [0.25, 0.3) is 0 Å². The van der Waals surface area contributed by atoms with Gasteiger partial charge in [0.05, 0.1) is 0 Å². The zero-order valence-electron chi connectivity index (χ0n) is 6.80. The lowest BCUT2D eigenvalue weighted by Crippen LogP contribution is -2.34. The molecule has 1 saturated heterocycles. The van der Waals surface area contributed by atoms with Gasteiger partial charge >= 0.3 is 5.97 Å². The Hall–Kier alpha value is 0.250. The molecule has 0 bridgehead atoms. The summed E-state index contributed by atoms with van der Waals surface area (Å²) in [5.74, 6) is -0.0934. The van der Waals surface area contributed by atoms with Crippen LogP contribution in [0, 0.1) is 0 Å². The van der Waals surface area contributed by atoms with E-state index in [-0.39, 0.29) is 12.0 Å². The van der Waals surface area contributed by atoms with Gasteiger partial charge in [-0.2, -0.15) is 0 Å². The molecular weight excluding hydrogens is 194 g/mol. The third-order valence-corrected chi connectivity index (χ3v) is 3.62. The second kappa shape index (κ2) is 5.82. The maximum atomic E-state index is 11.1. The molecular formula is C6H14N2O2P2. The van der Waals surface area contributed by atoms with Gasteiger partial charge in [-0.1, -0.05) is 6.42 Å². The van der Waals surface area contributed by atoms with Crippen LogP contribution in [0.3, 0.4) is 0 Å². The molecule has 1 aliphatic heterocycles. The monoisotopic (exact) mass is 208 g/mol. The maximum Gasteiger partial charge on any atom is 0.326 e. The molecule has 0 radical (unpaired) electrons. The Labute approximate surface area is 75.6 Å². The highest BCUT2D eigenvalue weighted by Gasteiger charge is 2.22. The second-order valence-corrected chi connectivity index (χ2v) is 4.94. The first-order valence-corrected chi connectivity index (χ1v) is 6.91. The lowest BCUT2D eigenvalue weighted by atomic mass is 10.1. The van der Waals surface area contributed by atoms with E-state index in [1.165, 1.54) is 0 Å². The summed E-state index contributed by atoms with van der Waals surface area (Å²) in [6, 6.07) is -0.0730. The predicted octanol–water partition coefficient (Wildman–Crippen LogP) is 0.732. The molecule has 0 aliphatic carbocycles. The van der Waals surface area contributed by atoms with Crippen LogP contribution in [-0.4, -0.2) is 18.6 Å². The molecule has 0 aromatic rings. The van der Waals surface area contributed by atoms with Gasteiger partial charge in [0.25, 0.3) is 0 Å². The molecule has 3 atom stereocenters. The van der Waals surface area contributed by atoms with E-state index in [1.807, 2.05) is 0 Å². The van der Waals surface area contributed by atoms with Gasteiger partial charge in [0.2, 0.25) is 0 Å². The number of rotatable bonds is 4.